The summed E-state index contributed by atoms with van der Waals surface area (Å²) >= 11 is 0. The third-order valence-corrected chi connectivity index (χ3v) is 4.78. The molecule has 1 heteroatoms. The van der Waals surface area contributed by atoms with Crippen molar-refractivity contribution in [2.75, 3.05) is 6.54 Å². The molecule has 106 valence electrons. The summed E-state index contributed by atoms with van der Waals surface area (Å²) in [5.74, 6) is 0.928. The highest BCUT2D eigenvalue weighted by molar-refractivity contribution is 5.87. The summed E-state index contributed by atoms with van der Waals surface area (Å²) in [7, 11) is 0. The van der Waals surface area contributed by atoms with Crippen molar-refractivity contribution in [3.8, 4) is 0 Å². The van der Waals surface area contributed by atoms with Crippen LogP contribution in [0.4, 0.5) is 0 Å². The lowest BCUT2D eigenvalue weighted by Gasteiger charge is -2.31. The van der Waals surface area contributed by atoms with Gasteiger partial charge in [0.1, 0.15) is 0 Å². The highest BCUT2D eigenvalue weighted by Gasteiger charge is 2.24. The van der Waals surface area contributed by atoms with Crippen molar-refractivity contribution in [3.05, 3.63) is 47.5 Å². The minimum atomic E-state index is 0.511. The van der Waals surface area contributed by atoms with Crippen LogP contribution < -0.4 is 5.32 Å². The fourth-order valence-corrected chi connectivity index (χ4v) is 3.48. The summed E-state index contributed by atoms with van der Waals surface area (Å²) in [6, 6.07) is 13.8. The largest absolute Gasteiger partial charge is 0.310 e. The maximum atomic E-state index is 3.73. The summed E-state index contributed by atoms with van der Waals surface area (Å²) < 4.78 is 0. The van der Waals surface area contributed by atoms with E-state index in [0.717, 1.165) is 12.5 Å². The van der Waals surface area contributed by atoms with Crippen molar-refractivity contribution in [1.82, 2.24) is 5.32 Å². The zero-order valence-electron chi connectivity index (χ0n) is 12.7. The Labute approximate surface area is 122 Å². The standard InChI is InChI=1S/C19H25N/c1-3-20-18(13-15-7-6-8-15)19-14(2)11-12-16-9-4-5-10-17(16)19/h4-5,9-12,15,18,20H,3,6-8,13H2,1-2H3. The van der Waals surface area contributed by atoms with E-state index in [0.29, 0.717) is 6.04 Å². The number of nitrogens with one attached hydrogen (secondary N) is 1. The number of hydrogen-bond donors (Lipinski definition) is 1. The Bertz CT molecular complexity index is 583. The fourth-order valence-electron chi connectivity index (χ4n) is 3.48. The third kappa shape index (κ3) is 2.60. The molecule has 2 aromatic rings. The molecule has 0 aliphatic heterocycles. The summed E-state index contributed by atoms with van der Waals surface area (Å²) in [5.41, 5.74) is 2.95. The Morgan fingerprint density at radius 2 is 1.95 bits per heavy atom. The van der Waals surface area contributed by atoms with Gasteiger partial charge >= 0.3 is 0 Å². The van der Waals surface area contributed by atoms with E-state index in [1.165, 1.54) is 47.6 Å². The van der Waals surface area contributed by atoms with Crippen molar-refractivity contribution in [2.24, 2.45) is 5.92 Å². The van der Waals surface area contributed by atoms with Crippen molar-refractivity contribution < 1.29 is 0 Å². The molecule has 2 aromatic carbocycles. The maximum Gasteiger partial charge on any atom is 0.0331 e. The quantitative estimate of drug-likeness (QED) is 0.804. The van der Waals surface area contributed by atoms with E-state index in [-0.39, 0.29) is 0 Å². The lowest BCUT2D eigenvalue weighted by molar-refractivity contribution is 0.262. The first-order chi connectivity index (χ1) is 9.79. The SMILES string of the molecule is CCNC(CC1CCC1)c1c(C)ccc2ccccc12. The molecule has 1 atom stereocenters. The van der Waals surface area contributed by atoms with Gasteiger partial charge in [0, 0.05) is 6.04 Å². The van der Waals surface area contributed by atoms with Crippen LogP contribution >= 0.6 is 0 Å². The van der Waals surface area contributed by atoms with Crippen LogP contribution in [0, 0.1) is 12.8 Å². The number of benzene rings is 2. The molecule has 0 radical (unpaired) electrons. The first-order valence-corrected chi connectivity index (χ1v) is 8.01. The van der Waals surface area contributed by atoms with Gasteiger partial charge < -0.3 is 5.32 Å². The zero-order valence-corrected chi connectivity index (χ0v) is 12.7. The average molecular weight is 267 g/mol. The Hall–Kier alpha value is -1.34. The molecule has 1 saturated carbocycles. The lowest BCUT2D eigenvalue weighted by Crippen LogP contribution is -2.26. The van der Waals surface area contributed by atoms with Gasteiger partial charge in [0.15, 0.2) is 0 Å². The molecular weight excluding hydrogens is 242 g/mol. The van der Waals surface area contributed by atoms with Gasteiger partial charge in [-0.2, -0.15) is 0 Å². The Balaban J connectivity index is 2.01. The lowest BCUT2D eigenvalue weighted by atomic mass is 9.78. The Kier molecular flexibility index (Phi) is 4.07. The summed E-state index contributed by atoms with van der Waals surface area (Å²) in [6.45, 7) is 5.52. The van der Waals surface area contributed by atoms with Crippen LogP contribution in [0.2, 0.25) is 0 Å². The van der Waals surface area contributed by atoms with Gasteiger partial charge in [0.2, 0.25) is 0 Å². The molecule has 1 fully saturated rings. The zero-order chi connectivity index (χ0) is 13.9. The predicted octanol–water partition coefficient (Wildman–Crippen LogP) is 4.99. The number of fused-ring (bicyclic) bond motifs is 1. The fraction of sp³-hybridized carbons (Fsp3) is 0.474. The first kappa shape index (κ1) is 13.6. The highest BCUT2D eigenvalue weighted by Crippen LogP contribution is 2.37. The monoisotopic (exact) mass is 267 g/mol. The molecule has 1 unspecified atom stereocenters. The van der Waals surface area contributed by atoms with Crippen LogP contribution in [-0.2, 0) is 0 Å². The Morgan fingerprint density at radius 1 is 1.15 bits per heavy atom. The van der Waals surface area contributed by atoms with E-state index in [9.17, 15) is 0 Å². The minimum Gasteiger partial charge on any atom is -0.310 e. The molecule has 0 amide bonds. The van der Waals surface area contributed by atoms with Crippen molar-refractivity contribution >= 4 is 10.8 Å². The summed E-state index contributed by atoms with van der Waals surface area (Å²) in [6.07, 6.45) is 5.57. The normalized spacial score (nSPS) is 17.1. The second-order valence-electron chi connectivity index (χ2n) is 6.16. The second-order valence-corrected chi connectivity index (χ2v) is 6.16. The molecule has 1 aliphatic rings. The van der Waals surface area contributed by atoms with Crippen molar-refractivity contribution in [3.63, 3.8) is 0 Å². The van der Waals surface area contributed by atoms with E-state index in [1.54, 1.807) is 0 Å². The van der Waals surface area contributed by atoms with Gasteiger partial charge in [-0.25, -0.2) is 0 Å². The number of hydrogen-bond acceptors (Lipinski definition) is 1. The molecule has 1 N–H and O–H groups in total. The van der Waals surface area contributed by atoms with Gasteiger partial charge in [-0.15, -0.1) is 0 Å². The van der Waals surface area contributed by atoms with Gasteiger partial charge in [0.05, 0.1) is 0 Å². The van der Waals surface area contributed by atoms with E-state index in [2.05, 4.69) is 55.6 Å². The van der Waals surface area contributed by atoms with E-state index in [1.807, 2.05) is 0 Å². The van der Waals surface area contributed by atoms with Gasteiger partial charge in [-0.05, 0) is 47.7 Å². The summed E-state index contributed by atoms with van der Waals surface area (Å²) in [4.78, 5) is 0. The predicted molar refractivity (Wildman–Crippen MR) is 87.1 cm³/mol. The number of rotatable bonds is 5. The highest BCUT2D eigenvalue weighted by atomic mass is 14.9. The van der Waals surface area contributed by atoms with Crippen LogP contribution in [0.5, 0.6) is 0 Å². The van der Waals surface area contributed by atoms with Crippen LogP contribution in [0.25, 0.3) is 10.8 Å². The van der Waals surface area contributed by atoms with Crippen LogP contribution in [0.1, 0.15) is 49.8 Å². The third-order valence-electron chi connectivity index (χ3n) is 4.78. The first-order valence-electron chi connectivity index (χ1n) is 8.01. The molecule has 0 bridgehead atoms. The molecule has 1 nitrogen and oxygen atoms in total. The van der Waals surface area contributed by atoms with Crippen molar-refractivity contribution in [1.29, 1.82) is 0 Å². The number of aryl methyl sites for hydroxylation is 1. The molecule has 1 aliphatic carbocycles. The molecule has 0 aromatic heterocycles. The van der Waals surface area contributed by atoms with E-state index < -0.39 is 0 Å². The Morgan fingerprint density at radius 3 is 2.65 bits per heavy atom. The molecule has 3 rings (SSSR count). The van der Waals surface area contributed by atoms with Gasteiger partial charge in [0.25, 0.3) is 0 Å². The van der Waals surface area contributed by atoms with Gasteiger partial charge in [-0.1, -0.05) is 62.6 Å². The molecule has 0 spiro atoms. The minimum absolute atomic E-state index is 0.511. The van der Waals surface area contributed by atoms with Crippen LogP contribution in [0.15, 0.2) is 36.4 Å². The van der Waals surface area contributed by atoms with Crippen LogP contribution in [-0.4, -0.2) is 6.54 Å². The maximum absolute atomic E-state index is 3.73. The second kappa shape index (κ2) is 5.97. The summed E-state index contributed by atoms with van der Waals surface area (Å²) in [5, 5.41) is 6.52. The molecular formula is C19H25N. The topological polar surface area (TPSA) is 12.0 Å². The smallest absolute Gasteiger partial charge is 0.0331 e. The van der Waals surface area contributed by atoms with Gasteiger partial charge in [-0.3, -0.25) is 0 Å². The molecule has 0 heterocycles. The van der Waals surface area contributed by atoms with Crippen molar-refractivity contribution in [2.45, 2.75) is 45.6 Å². The van der Waals surface area contributed by atoms with Crippen LogP contribution in [0.3, 0.4) is 0 Å². The average Bonchev–Trinajstić information content (AvgIpc) is 2.42. The van der Waals surface area contributed by atoms with E-state index >= 15 is 0 Å². The molecule has 20 heavy (non-hydrogen) atoms. The van der Waals surface area contributed by atoms with E-state index in [4.69, 9.17) is 0 Å². The molecule has 0 saturated heterocycles.